The van der Waals surface area contributed by atoms with Crippen LogP contribution in [0.5, 0.6) is 5.75 Å². The van der Waals surface area contributed by atoms with E-state index in [1.165, 1.54) is 17.0 Å². The molecule has 0 aliphatic carbocycles. The Morgan fingerprint density at radius 3 is 2.52 bits per heavy atom. The fraction of sp³-hybridized carbons (Fsp3) is 0.222. The Morgan fingerprint density at radius 1 is 1.05 bits per heavy atom. The molecule has 0 saturated heterocycles. The first kappa shape index (κ1) is 13.7. The van der Waals surface area contributed by atoms with Crippen LogP contribution in [-0.2, 0) is 6.61 Å². The second-order valence-electron chi connectivity index (χ2n) is 5.38. The van der Waals surface area contributed by atoms with Crippen molar-refractivity contribution in [1.82, 2.24) is 4.57 Å². The van der Waals surface area contributed by atoms with Gasteiger partial charge in [0, 0.05) is 11.6 Å². The van der Waals surface area contributed by atoms with Gasteiger partial charge in [-0.2, -0.15) is 0 Å². The highest BCUT2D eigenvalue weighted by atomic mass is 19.1. The van der Waals surface area contributed by atoms with Gasteiger partial charge in [-0.15, -0.1) is 0 Å². The van der Waals surface area contributed by atoms with Gasteiger partial charge in [-0.1, -0.05) is 30.3 Å². The summed E-state index contributed by atoms with van der Waals surface area (Å²) >= 11 is 0. The molecule has 21 heavy (non-hydrogen) atoms. The third-order valence-corrected chi connectivity index (χ3v) is 3.56. The molecule has 0 aliphatic rings. The molecule has 0 fully saturated rings. The summed E-state index contributed by atoms with van der Waals surface area (Å²) in [5.74, 6) is -0.0391. The van der Waals surface area contributed by atoms with Crippen molar-refractivity contribution in [2.75, 3.05) is 0 Å². The zero-order valence-corrected chi connectivity index (χ0v) is 12.2. The fourth-order valence-corrected chi connectivity index (χ4v) is 2.67. The molecule has 0 atom stereocenters. The van der Waals surface area contributed by atoms with Crippen molar-refractivity contribution in [3.8, 4) is 5.75 Å². The first-order valence-corrected chi connectivity index (χ1v) is 7.13. The van der Waals surface area contributed by atoms with Gasteiger partial charge in [0.1, 0.15) is 6.61 Å². The molecule has 0 bridgehead atoms. The molecule has 0 saturated carbocycles. The number of hydrogen-bond donors (Lipinski definition) is 0. The Labute approximate surface area is 123 Å². The summed E-state index contributed by atoms with van der Waals surface area (Å²) in [5.41, 5.74) is 2.23. The minimum Gasteiger partial charge on any atom is -0.484 e. The van der Waals surface area contributed by atoms with Crippen LogP contribution in [0.3, 0.4) is 0 Å². The summed E-state index contributed by atoms with van der Waals surface area (Å²) in [6.45, 7) is 4.63. The van der Waals surface area contributed by atoms with Crippen LogP contribution in [0.25, 0.3) is 10.9 Å². The fourth-order valence-electron chi connectivity index (χ4n) is 2.67. The Balaban J connectivity index is 1.93. The second kappa shape index (κ2) is 5.60. The number of benzene rings is 2. The molecule has 3 rings (SSSR count). The normalized spacial score (nSPS) is 11.2. The lowest BCUT2D eigenvalue weighted by molar-refractivity contribution is 0.279. The minimum absolute atomic E-state index is 0.290. The number of halogens is 1. The average molecular weight is 283 g/mol. The zero-order chi connectivity index (χ0) is 14.8. The quantitative estimate of drug-likeness (QED) is 0.661. The highest BCUT2D eigenvalue weighted by molar-refractivity contribution is 5.81. The largest absolute Gasteiger partial charge is 0.484 e. The Bertz CT molecular complexity index is 761. The summed E-state index contributed by atoms with van der Waals surface area (Å²) < 4.78 is 21.5. The van der Waals surface area contributed by atoms with Crippen molar-refractivity contribution in [2.45, 2.75) is 26.5 Å². The maximum absolute atomic E-state index is 13.6. The standard InChI is InChI=1S/C18H18FNO/c1-13(2)20-15(11-14-7-3-5-9-17(14)20)12-21-18-10-6-4-8-16(18)19/h3-11,13H,12H2,1-2H3. The lowest BCUT2D eigenvalue weighted by Crippen LogP contribution is -2.08. The Hall–Kier alpha value is -2.29. The van der Waals surface area contributed by atoms with Crippen LogP contribution >= 0.6 is 0 Å². The number of rotatable bonds is 4. The maximum Gasteiger partial charge on any atom is 0.165 e. The van der Waals surface area contributed by atoms with Crippen molar-refractivity contribution in [2.24, 2.45) is 0 Å². The van der Waals surface area contributed by atoms with Crippen LogP contribution in [0, 0.1) is 5.82 Å². The number of ether oxygens (including phenoxy) is 1. The number of aromatic nitrogens is 1. The monoisotopic (exact) mass is 283 g/mol. The number of fused-ring (bicyclic) bond motifs is 1. The Morgan fingerprint density at radius 2 is 1.76 bits per heavy atom. The van der Waals surface area contributed by atoms with Gasteiger partial charge in [0.15, 0.2) is 11.6 Å². The van der Waals surface area contributed by atoms with E-state index in [0.29, 0.717) is 12.6 Å². The first-order valence-electron chi connectivity index (χ1n) is 7.13. The third-order valence-electron chi connectivity index (χ3n) is 3.56. The van der Waals surface area contributed by atoms with Crippen molar-refractivity contribution in [1.29, 1.82) is 0 Å². The molecular formula is C18H18FNO. The van der Waals surface area contributed by atoms with Crippen molar-refractivity contribution in [3.63, 3.8) is 0 Å². The van der Waals surface area contributed by atoms with Gasteiger partial charge >= 0.3 is 0 Å². The van der Waals surface area contributed by atoms with Crippen LogP contribution in [0.2, 0.25) is 0 Å². The zero-order valence-electron chi connectivity index (χ0n) is 12.2. The summed E-state index contributed by atoms with van der Waals surface area (Å²) in [5, 5.41) is 1.18. The van der Waals surface area contributed by atoms with E-state index >= 15 is 0 Å². The first-order chi connectivity index (χ1) is 10.2. The average Bonchev–Trinajstić information content (AvgIpc) is 2.85. The van der Waals surface area contributed by atoms with E-state index in [9.17, 15) is 4.39 Å². The number of para-hydroxylation sites is 2. The van der Waals surface area contributed by atoms with Gasteiger partial charge in [-0.3, -0.25) is 0 Å². The topological polar surface area (TPSA) is 14.2 Å². The molecule has 108 valence electrons. The summed E-state index contributed by atoms with van der Waals surface area (Å²) in [4.78, 5) is 0. The Kier molecular flexibility index (Phi) is 3.65. The van der Waals surface area contributed by atoms with Gasteiger partial charge in [0.2, 0.25) is 0 Å². The molecule has 3 heteroatoms. The van der Waals surface area contributed by atoms with E-state index < -0.39 is 0 Å². The van der Waals surface area contributed by atoms with Crippen molar-refractivity contribution in [3.05, 3.63) is 66.1 Å². The van der Waals surface area contributed by atoms with E-state index in [-0.39, 0.29) is 11.6 Å². The van der Waals surface area contributed by atoms with E-state index in [2.05, 4.69) is 36.6 Å². The molecule has 0 unspecified atom stereocenters. The lowest BCUT2D eigenvalue weighted by atomic mass is 10.2. The lowest BCUT2D eigenvalue weighted by Gasteiger charge is -2.15. The van der Waals surface area contributed by atoms with Crippen molar-refractivity contribution >= 4 is 10.9 Å². The molecular weight excluding hydrogens is 265 g/mol. The van der Waals surface area contributed by atoms with Crippen molar-refractivity contribution < 1.29 is 9.13 Å². The highest BCUT2D eigenvalue weighted by Crippen LogP contribution is 2.25. The third kappa shape index (κ3) is 2.64. The molecule has 3 aromatic rings. The molecule has 0 spiro atoms. The number of hydrogen-bond acceptors (Lipinski definition) is 1. The summed E-state index contributed by atoms with van der Waals surface area (Å²) in [7, 11) is 0. The highest BCUT2D eigenvalue weighted by Gasteiger charge is 2.12. The molecule has 0 radical (unpaired) electrons. The van der Waals surface area contributed by atoms with Gasteiger partial charge in [-0.05, 0) is 43.5 Å². The van der Waals surface area contributed by atoms with Gasteiger partial charge in [-0.25, -0.2) is 4.39 Å². The van der Waals surface area contributed by atoms with Crippen LogP contribution in [0.15, 0.2) is 54.6 Å². The van der Waals surface area contributed by atoms with Gasteiger partial charge in [0.05, 0.1) is 5.69 Å². The van der Waals surface area contributed by atoms with Crippen LogP contribution in [0.4, 0.5) is 4.39 Å². The van der Waals surface area contributed by atoms with Gasteiger partial charge in [0.25, 0.3) is 0 Å². The summed E-state index contributed by atoms with van der Waals surface area (Å²) in [6, 6.07) is 17.2. The van der Waals surface area contributed by atoms with Crippen LogP contribution < -0.4 is 4.74 Å². The van der Waals surface area contributed by atoms with E-state index in [4.69, 9.17) is 4.74 Å². The molecule has 1 aromatic heterocycles. The predicted octanol–water partition coefficient (Wildman–Crippen LogP) is 4.94. The van der Waals surface area contributed by atoms with E-state index in [0.717, 1.165) is 5.69 Å². The molecule has 2 aromatic carbocycles. The smallest absolute Gasteiger partial charge is 0.165 e. The SMILES string of the molecule is CC(C)n1c(COc2ccccc2F)cc2ccccc21. The minimum atomic E-state index is -0.329. The summed E-state index contributed by atoms with van der Waals surface area (Å²) in [6.07, 6.45) is 0. The molecule has 0 N–H and O–H groups in total. The molecule has 0 amide bonds. The molecule has 0 aliphatic heterocycles. The van der Waals surface area contributed by atoms with E-state index in [1.807, 2.05) is 12.1 Å². The van der Waals surface area contributed by atoms with Crippen LogP contribution in [-0.4, -0.2) is 4.57 Å². The van der Waals surface area contributed by atoms with Crippen LogP contribution in [0.1, 0.15) is 25.6 Å². The van der Waals surface area contributed by atoms with Gasteiger partial charge < -0.3 is 9.30 Å². The predicted molar refractivity (Wildman–Crippen MR) is 83.1 cm³/mol. The number of nitrogens with zero attached hydrogens (tertiary/aromatic N) is 1. The maximum atomic E-state index is 13.6. The molecule has 1 heterocycles. The second-order valence-corrected chi connectivity index (χ2v) is 5.38. The molecule has 2 nitrogen and oxygen atoms in total. The van der Waals surface area contributed by atoms with E-state index in [1.54, 1.807) is 18.2 Å².